The van der Waals surface area contributed by atoms with Crippen molar-refractivity contribution in [1.29, 1.82) is 0 Å². The highest BCUT2D eigenvalue weighted by atomic mass is 19.4. The van der Waals surface area contributed by atoms with Gasteiger partial charge in [0.1, 0.15) is 11.4 Å². The van der Waals surface area contributed by atoms with Crippen molar-refractivity contribution in [2.24, 2.45) is 10.9 Å². The van der Waals surface area contributed by atoms with Crippen LogP contribution in [0.4, 0.5) is 24.8 Å². The molecule has 3 aromatic rings. The Bertz CT molecular complexity index is 1230. The van der Waals surface area contributed by atoms with E-state index in [0.717, 1.165) is 11.3 Å². The molecular formula is C25H27F3N6O. The fraction of sp³-hybridized carbons (Fsp3) is 0.360. The molecule has 35 heavy (non-hydrogen) atoms. The van der Waals surface area contributed by atoms with E-state index < -0.39 is 18.0 Å². The van der Waals surface area contributed by atoms with Gasteiger partial charge in [-0.05, 0) is 51.7 Å². The van der Waals surface area contributed by atoms with E-state index in [1.807, 2.05) is 31.2 Å². The first-order chi connectivity index (χ1) is 16.7. The van der Waals surface area contributed by atoms with Crippen LogP contribution in [0.25, 0.3) is 11.9 Å². The molecular weight excluding hydrogens is 457 g/mol. The monoisotopic (exact) mass is 484 g/mol. The van der Waals surface area contributed by atoms with E-state index in [-0.39, 0.29) is 24.3 Å². The minimum absolute atomic E-state index is 0.0758. The molecule has 0 radical (unpaired) electrons. The van der Waals surface area contributed by atoms with Crippen LogP contribution in [0.1, 0.15) is 60.1 Å². The van der Waals surface area contributed by atoms with Crippen molar-refractivity contribution in [3.63, 3.8) is 0 Å². The number of alkyl halides is 3. The number of aliphatic imine (C=N–C) groups is 1. The van der Waals surface area contributed by atoms with Crippen LogP contribution in [-0.2, 0) is 0 Å². The van der Waals surface area contributed by atoms with E-state index in [1.54, 1.807) is 23.9 Å². The number of carbonyl (C=O) groups excluding carboxylic acids is 1. The summed E-state index contributed by atoms with van der Waals surface area (Å²) in [5.41, 5.74) is 2.72. The highest BCUT2D eigenvalue weighted by Gasteiger charge is 2.42. The average molecular weight is 485 g/mol. The minimum atomic E-state index is -4.17. The van der Waals surface area contributed by atoms with Gasteiger partial charge in [-0.25, -0.2) is 14.4 Å². The van der Waals surface area contributed by atoms with Crippen LogP contribution >= 0.6 is 0 Å². The number of anilines is 1. The van der Waals surface area contributed by atoms with Crippen molar-refractivity contribution in [3.05, 3.63) is 59.9 Å². The quantitative estimate of drug-likeness (QED) is 0.418. The van der Waals surface area contributed by atoms with Gasteiger partial charge >= 0.3 is 6.18 Å². The molecule has 2 heterocycles. The highest BCUT2D eigenvalue weighted by molar-refractivity contribution is 6.07. The lowest BCUT2D eigenvalue weighted by Crippen LogP contribution is -2.27. The molecule has 1 fully saturated rings. The third-order valence-electron chi connectivity index (χ3n) is 6.29. The molecule has 0 atom stereocenters. The molecule has 1 aliphatic carbocycles. The summed E-state index contributed by atoms with van der Waals surface area (Å²) in [5.74, 6) is -1.05. The maximum Gasteiger partial charge on any atom is 0.391 e. The summed E-state index contributed by atoms with van der Waals surface area (Å²) in [7, 11) is 0. The Kier molecular flexibility index (Phi) is 6.90. The number of aryl methyl sites for hydroxylation is 1. The standard InChI is InChI=1S/C25H27F3N6O/c1-4-29-23-20(15-30-33(23)5-2)24(35)31-22-14-21(17-8-10-18(11-9-17)25(26,27)28)32-34(22)19-12-6-16(3)7-13-19/h4-7,12-15,17-18H,2,8-11H2,1,3H3,(H,31,35). The lowest BCUT2D eigenvalue weighted by Gasteiger charge is -2.28. The number of benzene rings is 1. The fourth-order valence-electron chi connectivity index (χ4n) is 4.37. The van der Waals surface area contributed by atoms with E-state index >= 15 is 0 Å². The average Bonchev–Trinajstić information content (AvgIpc) is 3.43. The van der Waals surface area contributed by atoms with Crippen molar-refractivity contribution >= 4 is 30.0 Å². The Balaban J connectivity index is 1.65. The number of halogens is 3. The Hall–Kier alpha value is -3.69. The number of hydrogen-bond acceptors (Lipinski definition) is 4. The van der Waals surface area contributed by atoms with Crippen LogP contribution < -0.4 is 5.32 Å². The molecule has 0 saturated heterocycles. The molecule has 2 aromatic heterocycles. The summed E-state index contributed by atoms with van der Waals surface area (Å²) >= 11 is 0. The van der Waals surface area contributed by atoms with Gasteiger partial charge in [-0.15, -0.1) is 0 Å². The summed E-state index contributed by atoms with van der Waals surface area (Å²) in [5, 5.41) is 11.7. The van der Waals surface area contributed by atoms with Crippen molar-refractivity contribution in [3.8, 4) is 5.69 Å². The van der Waals surface area contributed by atoms with Crippen LogP contribution in [0.5, 0.6) is 0 Å². The molecule has 184 valence electrons. The third kappa shape index (κ3) is 5.21. The molecule has 1 N–H and O–H groups in total. The Morgan fingerprint density at radius 2 is 1.89 bits per heavy atom. The van der Waals surface area contributed by atoms with Crippen molar-refractivity contribution in [1.82, 2.24) is 19.6 Å². The Morgan fingerprint density at radius 3 is 2.49 bits per heavy atom. The van der Waals surface area contributed by atoms with E-state index in [9.17, 15) is 18.0 Å². The van der Waals surface area contributed by atoms with Gasteiger partial charge in [0, 0.05) is 24.4 Å². The van der Waals surface area contributed by atoms with Gasteiger partial charge in [0.25, 0.3) is 5.91 Å². The SMILES string of the molecule is C=Cn1ncc(C(=O)Nc2cc(C3CCC(C(F)(F)F)CC3)nn2-c2ccc(C)cc2)c1N=CC. The maximum absolute atomic E-state index is 13.2. The first-order valence-corrected chi connectivity index (χ1v) is 11.4. The number of nitrogens with zero attached hydrogens (tertiary/aromatic N) is 5. The second kappa shape index (κ2) is 9.89. The molecule has 4 rings (SSSR count). The highest BCUT2D eigenvalue weighted by Crippen LogP contribution is 2.43. The van der Waals surface area contributed by atoms with Crippen molar-refractivity contribution < 1.29 is 18.0 Å². The summed E-state index contributed by atoms with van der Waals surface area (Å²) < 4.78 is 42.4. The van der Waals surface area contributed by atoms with Gasteiger partial charge in [0.15, 0.2) is 5.82 Å². The summed E-state index contributed by atoms with van der Waals surface area (Å²) in [6.07, 6.45) is 1.18. The van der Waals surface area contributed by atoms with Crippen LogP contribution in [0.3, 0.4) is 0 Å². The van der Waals surface area contributed by atoms with Gasteiger partial charge in [-0.2, -0.15) is 23.4 Å². The zero-order valence-electron chi connectivity index (χ0n) is 19.6. The Labute approximate surface area is 201 Å². The zero-order valence-corrected chi connectivity index (χ0v) is 19.6. The zero-order chi connectivity index (χ0) is 25.2. The van der Waals surface area contributed by atoms with Crippen LogP contribution in [0, 0.1) is 12.8 Å². The number of nitrogens with one attached hydrogen (secondary N) is 1. The predicted octanol–water partition coefficient (Wildman–Crippen LogP) is 6.29. The van der Waals surface area contributed by atoms with Crippen LogP contribution in [0.2, 0.25) is 0 Å². The first-order valence-electron chi connectivity index (χ1n) is 11.4. The molecule has 0 spiro atoms. The van der Waals surface area contributed by atoms with E-state index in [4.69, 9.17) is 5.10 Å². The maximum atomic E-state index is 13.2. The van der Waals surface area contributed by atoms with Crippen molar-refractivity contribution in [2.75, 3.05) is 5.32 Å². The van der Waals surface area contributed by atoms with Gasteiger partial charge < -0.3 is 5.32 Å². The molecule has 1 amide bonds. The topological polar surface area (TPSA) is 77.1 Å². The number of aromatic nitrogens is 4. The predicted molar refractivity (Wildman–Crippen MR) is 129 cm³/mol. The summed E-state index contributed by atoms with van der Waals surface area (Å²) in [4.78, 5) is 17.4. The smallest absolute Gasteiger partial charge is 0.306 e. The molecule has 0 bridgehead atoms. The normalized spacial score (nSPS) is 18.7. The van der Waals surface area contributed by atoms with E-state index in [1.165, 1.54) is 17.1 Å². The third-order valence-corrected chi connectivity index (χ3v) is 6.29. The molecule has 1 aromatic carbocycles. The van der Waals surface area contributed by atoms with Gasteiger partial charge in [0.2, 0.25) is 0 Å². The molecule has 7 nitrogen and oxygen atoms in total. The first kappa shape index (κ1) is 24.4. The lowest BCUT2D eigenvalue weighted by atomic mass is 9.80. The number of hydrogen-bond donors (Lipinski definition) is 1. The largest absolute Gasteiger partial charge is 0.391 e. The minimum Gasteiger partial charge on any atom is -0.306 e. The molecule has 10 heteroatoms. The summed E-state index contributed by atoms with van der Waals surface area (Å²) in [6, 6.07) is 9.37. The molecule has 1 saturated carbocycles. The van der Waals surface area contributed by atoms with Crippen molar-refractivity contribution in [2.45, 2.75) is 51.6 Å². The van der Waals surface area contributed by atoms with Crippen LogP contribution in [-0.4, -0.2) is 37.9 Å². The lowest BCUT2D eigenvalue weighted by molar-refractivity contribution is -0.182. The van der Waals surface area contributed by atoms with E-state index in [2.05, 4.69) is 22.0 Å². The number of carbonyl (C=O) groups is 1. The molecule has 0 unspecified atom stereocenters. The van der Waals surface area contributed by atoms with E-state index in [0.29, 0.717) is 30.2 Å². The fourth-order valence-corrected chi connectivity index (χ4v) is 4.37. The van der Waals surface area contributed by atoms with Gasteiger partial charge in [-0.1, -0.05) is 24.3 Å². The van der Waals surface area contributed by atoms with Crippen LogP contribution in [0.15, 0.2) is 48.1 Å². The molecule has 1 aliphatic rings. The second-order valence-corrected chi connectivity index (χ2v) is 8.64. The number of amides is 1. The number of rotatable bonds is 6. The summed E-state index contributed by atoms with van der Waals surface area (Å²) in [6.45, 7) is 7.37. The van der Waals surface area contributed by atoms with Gasteiger partial charge in [0.05, 0.1) is 23.5 Å². The second-order valence-electron chi connectivity index (χ2n) is 8.64. The molecule has 0 aliphatic heterocycles. The Morgan fingerprint density at radius 1 is 1.20 bits per heavy atom. The van der Waals surface area contributed by atoms with Gasteiger partial charge in [-0.3, -0.25) is 4.79 Å².